The van der Waals surface area contributed by atoms with Crippen molar-refractivity contribution in [3.8, 4) is 0 Å². The molecule has 0 spiro atoms. The molecule has 0 aliphatic carbocycles. The number of alkyl halides is 3. The number of hydrogen-bond donors (Lipinski definition) is 2. The van der Waals surface area contributed by atoms with E-state index in [0.29, 0.717) is 4.90 Å². The summed E-state index contributed by atoms with van der Waals surface area (Å²) in [6.07, 6.45) is -4.52. The van der Waals surface area contributed by atoms with Crippen molar-refractivity contribution in [1.82, 2.24) is 4.90 Å². The van der Waals surface area contributed by atoms with Crippen LogP contribution in [-0.4, -0.2) is 23.1 Å². The maximum Gasteiger partial charge on any atom is 0.416 e. The summed E-state index contributed by atoms with van der Waals surface area (Å²) in [5.74, 6) is -0.724. The van der Waals surface area contributed by atoms with Gasteiger partial charge in [-0.05, 0) is 18.2 Å². The van der Waals surface area contributed by atoms with Crippen LogP contribution in [0.2, 0.25) is 0 Å². The first kappa shape index (κ1) is 16.5. The predicted octanol–water partition coefficient (Wildman–Crippen LogP) is 4.33. The van der Waals surface area contributed by atoms with Gasteiger partial charge in [0.05, 0.1) is 5.56 Å². The number of hydrogen-bond acceptors (Lipinski definition) is 2. The number of urea groups is 1. The first-order chi connectivity index (χ1) is 9.12. The summed E-state index contributed by atoms with van der Waals surface area (Å²) in [6.45, 7) is 0. The van der Waals surface area contributed by atoms with E-state index in [1.807, 2.05) is 0 Å². The Bertz CT molecular complexity index is 543. The molecule has 0 radical (unpaired) electrons. The van der Waals surface area contributed by atoms with Crippen LogP contribution < -0.4 is 5.32 Å². The number of amides is 2. The van der Waals surface area contributed by atoms with E-state index in [9.17, 15) is 23.1 Å². The highest BCUT2D eigenvalue weighted by Gasteiger charge is 2.30. The lowest BCUT2D eigenvalue weighted by Gasteiger charge is -2.17. The first-order valence-electron chi connectivity index (χ1n) is 5.09. The fourth-order valence-electron chi connectivity index (χ4n) is 1.20. The fraction of sp³-hybridized carbons (Fsp3) is 0.182. The van der Waals surface area contributed by atoms with E-state index in [-0.39, 0.29) is 5.69 Å². The lowest BCUT2D eigenvalue weighted by atomic mass is 10.2. The summed E-state index contributed by atoms with van der Waals surface area (Å²) in [4.78, 5) is 12.3. The average Bonchev–Trinajstić information content (AvgIpc) is 2.36. The highest BCUT2D eigenvalue weighted by atomic mass is 35.5. The molecule has 1 aromatic carbocycles. The number of halogens is 5. The van der Waals surface area contributed by atoms with E-state index >= 15 is 0 Å². The van der Waals surface area contributed by atoms with Gasteiger partial charge in [-0.25, -0.2) is 4.79 Å². The number of carbonyl (C=O) groups excluding carboxylic acids is 1. The molecular weight excluding hydrogens is 320 g/mol. The summed E-state index contributed by atoms with van der Waals surface area (Å²) >= 11 is 10.6. The molecule has 0 aromatic heterocycles. The smallest absolute Gasteiger partial charge is 0.416 e. The minimum Gasteiger partial charge on any atom is -0.493 e. The van der Waals surface area contributed by atoms with Gasteiger partial charge in [0.25, 0.3) is 0 Å². The summed E-state index contributed by atoms with van der Waals surface area (Å²) in [5, 5.41) is 11.5. The predicted molar refractivity (Wildman–Crippen MR) is 69.6 cm³/mol. The molecule has 1 rings (SSSR count). The molecule has 0 aliphatic rings. The van der Waals surface area contributed by atoms with Crippen molar-refractivity contribution in [2.45, 2.75) is 6.18 Å². The third-order valence-corrected chi connectivity index (χ3v) is 2.57. The molecule has 0 heterocycles. The van der Waals surface area contributed by atoms with Crippen LogP contribution in [0.3, 0.4) is 0 Å². The van der Waals surface area contributed by atoms with E-state index in [2.05, 4.69) is 5.32 Å². The number of benzene rings is 1. The van der Waals surface area contributed by atoms with Crippen molar-refractivity contribution >= 4 is 34.9 Å². The standard InChI is InChI=1S/C11H9Cl2F3N2O2/c1-18(9(19)8(12)13)10(20)17-7-4-2-3-6(5-7)11(14,15)16/h2-5,19H,1H3,(H,17,20). The highest BCUT2D eigenvalue weighted by Crippen LogP contribution is 2.30. The maximum atomic E-state index is 12.5. The Balaban J connectivity index is 2.90. The van der Waals surface area contributed by atoms with E-state index in [4.69, 9.17) is 23.2 Å². The third-order valence-electron chi connectivity index (χ3n) is 2.23. The fourth-order valence-corrected chi connectivity index (χ4v) is 1.46. The van der Waals surface area contributed by atoms with Crippen LogP contribution >= 0.6 is 23.2 Å². The highest BCUT2D eigenvalue weighted by molar-refractivity contribution is 6.56. The lowest BCUT2D eigenvalue weighted by molar-refractivity contribution is -0.137. The quantitative estimate of drug-likeness (QED) is 0.794. The van der Waals surface area contributed by atoms with Crippen molar-refractivity contribution in [3.05, 3.63) is 40.2 Å². The van der Waals surface area contributed by atoms with E-state index < -0.39 is 28.1 Å². The zero-order chi connectivity index (χ0) is 15.5. The van der Waals surface area contributed by atoms with Crippen LogP contribution in [-0.2, 0) is 6.18 Å². The van der Waals surface area contributed by atoms with Crippen LogP contribution in [0.15, 0.2) is 34.6 Å². The van der Waals surface area contributed by atoms with Gasteiger partial charge in [-0.3, -0.25) is 4.90 Å². The van der Waals surface area contributed by atoms with Crippen LogP contribution in [0.5, 0.6) is 0 Å². The molecule has 0 unspecified atom stereocenters. The van der Waals surface area contributed by atoms with Crippen molar-refractivity contribution in [3.63, 3.8) is 0 Å². The number of carbonyl (C=O) groups is 1. The molecule has 0 bridgehead atoms. The molecule has 0 aliphatic heterocycles. The van der Waals surface area contributed by atoms with Gasteiger partial charge >= 0.3 is 12.2 Å². The van der Waals surface area contributed by atoms with Crippen molar-refractivity contribution in [2.24, 2.45) is 0 Å². The van der Waals surface area contributed by atoms with Gasteiger partial charge < -0.3 is 10.4 Å². The van der Waals surface area contributed by atoms with Gasteiger partial charge in [0.15, 0.2) is 4.49 Å². The molecule has 2 amide bonds. The van der Waals surface area contributed by atoms with Crippen molar-refractivity contribution in [1.29, 1.82) is 0 Å². The molecule has 9 heteroatoms. The van der Waals surface area contributed by atoms with E-state index in [1.54, 1.807) is 0 Å². The molecule has 4 nitrogen and oxygen atoms in total. The zero-order valence-electron chi connectivity index (χ0n) is 10.0. The molecular formula is C11H9Cl2F3N2O2. The molecule has 1 aromatic rings. The number of aliphatic hydroxyl groups excluding tert-OH is 1. The third kappa shape index (κ3) is 4.21. The lowest BCUT2D eigenvalue weighted by Crippen LogP contribution is -2.31. The van der Waals surface area contributed by atoms with Crippen LogP contribution in [0, 0.1) is 0 Å². The molecule has 0 atom stereocenters. The van der Waals surface area contributed by atoms with Gasteiger partial charge in [0, 0.05) is 12.7 Å². The number of aliphatic hydroxyl groups is 1. The number of nitrogens with one attached hydrogen (secondary N) is 1. The summed E-state index contributed by atoms with van der Waals surface area (Å²) in [5.41, 5.74) is -0.997. The van der Waals surface area contributed by atoms with Gasteiger partial charge in [-0.2, -0.15) is 13.2 Å². The maximum absolute atomic E-state index is 12.5. The second kappa shape index (κ2) is 6.23. The zero-order valence-corrected chi connectivity index (χ0v) is 11.5. The molecule has 20 heavy (non-hydrogen) atoms. The number of anilines is 1. The second-order valence-corrected chi connectivity index (χ2v) is 4.60. The van der Waals surface area contributed by atoms with Crippen molar-refractivity contribution < 1.29 is 23.1 Å². The average molecular weight is 329 g/mol. The Labute approximate surface area is 122 Å². The molecule has 0 fully saturated rings. The second-order valence-electron chi connectivity index (χ2n) is 3.65. The van der Waals surface area contributed by atoms with Crippen LogP contribution in [0.4, 0.5) is 23.7 Å². The Hall–Kier alpha value is -1.60. The van der Waals surface area contributed by atoms with E-state index in [1.165, 1.54) is 6.07 Å². The summed E-state index contributed by atoms with van der Waals surface area (Å²) in [6, 6.07) is 3.13. The summed E-state index contributed by atoms with van der Waals surface area (Å²) in [7, 11) is 1.14. The van der Waals surface area contributed by atoms with Gasteiger partial charge in [-0.15, -0.1) is 0 Å². The van der Waals surface area contributed by atoms with Gasteiger partial charge in [-0.1, -0.05) is 29.3 Å². The Kier molecular flexibility index (Phi) is 5.13. The van der Waals surface area contributed by atoms with Crippen LogP contribution in [0.1, 0.15) is 5.56 Å². The normalized spacial score (nSPS) is 10.9. The molecule has 110 valence electrons. The monoisotopic (exact) mass is 328 g/mol. The molecule has 2 N–H and O–H groups in total. The Morgan fingerprint density at radius 2 is 1.95 bits per heavy atom. The molecule has 0 saturated carbocycles. The Morgan fingerprint density at radius 3 is 2.45 bits per heavy atom. The van der Waals surface area contributed by atoms with Gasteiger partial charge in [0.2, 0.25) is 5.88 Å². The first-order valence-corrected chi connectivity index (χ1v) is 5.84. The van der Waals surface area contributed by atoms with Crippen LogP contribution in [0.25, 0.3) is 0 Å². The minimum atomic E-state index is -4.52. The topological polar surface area (TPSA) is 52.6 Å². The number of nitrogens with zero attached hydrogens (tertiary/aromatic N) is 1. The Morgan fingerprint density at radius 1 is 1.35 bits per heavy atom. The minimum absolute atomic E-state index is 0.0878. The largest absolute Gasteiger partial charge is 0.493 e. The number of rotatable bonds is 2. The molecule has 0 saturated heterocycles. The SMILES string of the molecule is CN(C(=O)Nc1cccc(C(F)(F)F)c1)C(O)=C(Cl)Cl. The van der Waals surface area contributed by atoms with Crippen molar-refractivity contribution in [2.75, 3.05) is 12.4 Å². The van der Waals surface area contributed by atoms with E-state index in [0.717, 1.165) is 25.2 Å². The van der Waals surface area contributed by atoms with Gasteiger partial charge in [0.1, 0.15) is 0 Å². The summed E-state index contributed by atoms with van der Waals surface area (Å²) < 4.78 is 36.9.